The summed E-state index contributed by atoms with van der Waals surface area (Å²) in [5.41, 5.74) is -0.365. The number of amides is 1. The van der Waals surface area contributed by atoms with E-state index in [0.29, 0.717) is 71.3 Å². The minimum absolute atomic E-state index is 0.0253. The molecule has 0 radical (unpaired) electrons. The number of halogens is 4. The molecule has 0 aliphatic carbocycles. The zero-order valence-corrected chi connectivity index (χ0v) is 32.6. The molecule has 4 saturated heterocycles. The molecule has 4 atom stereocenters. The van der Waals surface area contributed by atoms with E-state index in [2.05, 4.69) is 9.88 Å². The lowest BCUT2D eigenvalue weighted by atomic mass is 9.92. The SMILES string of the molecule is CCc1c(F)ccc2cc(OCOC)cc(-c3c(Cl)cc4c(N5CC6CCC(C5)N6C(=O)OC(C)(C)C)nc(OC[C@@]56CCCN5C[C@H](F)C6)nc4c3F)c12. The van der Waals surface area contributed by atoms with Crippen molar-refractivity contribution in [2.45, 2.75) is 95.6 Å². The van der Waals surface area contributed by atoms with E-state index in [4.69, 9.17) is 35.5 Å². The van der Waals surface area contributed by atoms with Gasteiger partial charge in [-0.3, -0.25) is 9.80 Å². The first-order chi connectivity index (χ1) is 26.3. The molecule has 3 aromatic carbocycles. The molecule has 0 N–H and O–H groups in total. The van der Waals surface area contributed by atoms with Gasteiger partial charge in [0.2, 0.25) is 0 Å². The number of nitrogens with zero attached hydrogens (tertiary/aromatic N) is 5. The Morgan fingerprint density at radius 2 is 1.82 bits per heavy atom. The maximum Gasteiger partial charge on any atom is 0.410 e. The van der Waals surface area contributed by atoms with Gasteiger partial charge in [0, 0.05) is 44.1 Å². The van der Waals surface area contributed by atoms with Gasteiger partial charge in [0.25, 0.3) is 0 Å². The van der Waals surface area contributed by atoms with Gasteiger partial charge in [0.15, 0.2) is 12.6 Å². The highest BCUT2D eigenvalue weighted by molar-refractivity contribution is 6.35. The fraction of sp³-hybridized carbons (Fsp3) is 0.537. The molecule has 0 spiro atoms. The second-order valence-electron chi connectivity index (χ2n) is 16.3. The number of benzene rings is 3. The molecule has 0 saturated carbocycles. The summed E-state index contributed by atoms with van der Waals surface area (Å²) in [6.07, 6.45) is 2.66. The largest absolute Gasteiger partial charge is 0.468 e. The van der Waals surface area contributed by atoms with Crippen LogP contribution in [0.5, 0.6) is 11.8 Å². The average molecular weight is 782 g/mol. The van der Waals surface area contributed by atoms with Crippen LogP contribution < -0.4 is 14.4 Å². The summed E-state index contributed by atoms with van der Waals surface area (Å²) in [7, 11) is 1.50. The van der Waals surface area contributed by atoms with Crippen LogP contribution in [0.1, 0.15) is 65.4 Å². The lowest BCUT2D eigenvalue weighted by molar-refractivity contribution is 0.0122. The molecule has 1 amide bonds. The van der Waals surface area contributed by atoms with Crippen molar-refractivity contribution in [1.82, 2.24) is 19.8 Å². The molecule has 55 heavy (non-hydrogen) atoms. The number of rotatable bonds is 9. The van der Waals surface area contributed by atoms with E-state index < -0.39 is 28.9 Å². The lowest BCUT2D eigenvalue weighted by Gasteiger charge is -2.42. The first kappa shape index (κ1) is 37.8. The number of carbonyl (C=O) groups excluding carboxylic acids is 1. The molecule has 1 aromatic heterocycles. The van der Waals surface area contributed by atoms with Crippen LogP contribution in [0.25, 0.3) is 32.8 Å². The summed E-state index contributed by atoms with van der Waals surface area (Å²) in [6, 6.07) is 7.73. The first-order valence-corrected chi connectivity index (χ1v) is 19.5. The topological polar surface area (TPSA) is 89.5 Å². The number of piperazine rings is 1. The quantitative estimate of drug-likeness (QED) is 0.155. The number of aromatic nitrogens is 2. The molecule has 4 aliphatic rings. The number of ether oxygens (including phenoxy) is 4. The monoisotopic (exact) mass is 781 g/mol. The number of alkyl halides is 1. The molecule has 14 heteroatoms. The van der Waals surface area contributed by atoms with Crippen LogP contribution in [0, 0.1) is 11.6 Å². The molecule has 10 nitrogen and oxygen atoms in total. The summed E-state index contributed by atoms with van der Waals surface area (Å²) in [5.74, 6) is -0.330. The van der Waals surface area contributed by atoms with Crippen LogP contribution in [0.4, 0.5) is 23.8 Å². The number of carbonyl (C=O) groups is 1. The van der Waals surface area contributed by atoms with Crippen LogP contribution in [0.15, 0.2) is 30.3 Å². The van der Waals surface area contributed by atoms with E-state index in [9.17, 15) is 9.18 Å². The summed E-state index contributed by atoms with van der Waals surface area (Å²) in [5, 5.41) is 1.60. The number of hydrogen-bond acceptors (Lipinski definition) is 9. The number of methoxy groups -OCH3 is 1. The maximum atomic E-state index is 17.6. The summed E-state index contributed by atoms with van der Waals surface area (Å²) >= 11 is 7.09. The Kier molecular flexibility index (Phi) is 9.95. The number of fused-ring (bicyclic) bond motifs is 5. The van der Waals surface area contributed by atoms with E-state index >= 15 is 8.78 Å². The number of hydrogen-bond donors (Lipinski definition) is 0. The molecule has 5 heterocycles. The molecule has 8 rings (SSSR count). The van der Waals surface area contributed by atoms with Gasteiger partial charge in [-0.05, 0) is 106 Å². The zero-order valence-electron chi connectivity index (χ0n) is 31.9. The molecule has 4 fully saturated rings. The van der Waals surface area contributed by atoms with Crippen molar-refractivity contribution in [3.8, 4) is 22.9 Å². The van der Waals surface area contributed by atoms with E-state index in [1.165, 1.54) is 13.2 Å². The minimum atomic E-state index is -0.952. The molecular formula is C41H47ClF3N5O5. The second kappa shape index (κ2) is 14.5. The predicted octanol–water partition coefficient (Wildman–Crippen LogP) is 8.47. The summed E-state index contributed by atoms with van der Waals surface area (Å²) < 4.78 is 70.7. The van der Waals surface area contributed by atoms with Gasteiger partial charge in [0.1, 0.15) is 41.3 Å². The predicted molar refractivity (Wildman–Crippen MR) is 205 cm³/mol. The van der Waals surface area contributed by atoms with Gasteiger partial charge >= 0.3 is 12.1 Å². The summed E-state index contributed by atoms with van der Waals surface area (Å²) in [6.45, 7) is 9.47. The van der Waals surface area contributed by atoms with Crippen molar-refractivity contribution in [2.75, 3.05) is 51.6 Å². The highest BCUT2D eigenvalue weighted by atomic mass is 35.5. The third-order valence-corrected chi connectivity index (χ3v) is 11.9. The smallest absolute Gasteiger partial charge is 0.410 e. The van der Waals surface area contributed by atoms with Gasteiger partial charge in [-0.25, -0.2) is 18.0 Å². The molecule has 2 bridgehead atoms. The highest BCUT2D eigenvalue weighted by Crippen LogP contribution is 2.46. The number of anilines is 1. The fourth-order valence-electron chi connectivity index (χ4n) is 9.29. The molecule has 2 unspecified atom stereocenters. The highest BCUT2D eigenvalue weighted by Gasteiger charge is 2.50. The zero-order chi connectivity index (χ0) is 38.8. The van der Waals surface area contributed by atoms with E-state index in [-0.39, 0.29) is 53.7 Å². The van der Waals surface area contributed by atoms with Crippen molar-refractivity contribution in [3.63, 3.8) is 0 Å². The van der Waals surface area contributed by atoms with Crippen LogP contribution >= 0.6 is 11.6 Å². The first-order valence-electron chi connectivity index (χ1n) is 19.1. The average Bonchev–Trinajstić information content (AvgIpc) is 3.75. The van der Waals surface area contributed by atoms with Gasteiger partial charge in [-0.1, -0.05) is 24.6 Å². The van der Waals surface area contributed by atoms with E-state index in [1.54, 1.807) is 24.3 Å². The molecule has 4 aliphatic heterocycles. The second-order valence-corrected chi connectivity index (χ2v) is 16.7. The van der Waals surface area contributed by atoms with Crippen LogP contribution in [-0.4, -0.2) is 102 Å². The normalized spacial score (nSPS) is 23.9. The van der Waals surface area contributed by atoms with Gasteiger partial charge < -0.3 is 23.8 Å². The Hall–Kier alpha value is -4.07. The van der Waals surface area contributed by atoms with Crippen LogP contribution in [-0.2, 0) is 15.9 Å². The third-order valence-electron chi connectivity index (χ3n) is 11.6. The fourth-order valence-corrected chi connectivity index (χ4v) is 9.58. The minimum Gasteiger partial charge on any atom is -0.468 e. The van der Waals surface area contributed by atoms with Crippen LogP contribution in [0.2, 0.25) is 5.02 Å². The van der Waals surface area contributed by atoms with Gasteiger partial charge in [-0.15, -0.1) is 0 Å². The van der Waals surface area contributed by atoms with Crippen molar-refractivity contribution in [2.24, 2.45) is 0 Å². The van der Waals surface area contributed by atoms with Crippen molar-refractivity contribution < 1.29 is 36.9 Å². The van der Waals surface area contributed by atoms with Crippen molar-refractivity contribution in [1.29, 1.82) is 0 Å². The maximum absolute atomic E-state index is 17.6. The standard InChI is InChI=1S/C41H47ClF3N5O5/c1-6-28-32(44)11-8-23-14-27(54-22-52-5)15-29(33(23)28)34-31(42)16-30-36(35(34)45)46-38(53-21-41-12-7-13-49(41)18-24(43)17-41)47-37(30)48-19-25-9-10-26(20-48)50(25)39(51)55-40(2,3)4/h8,11,14-16,24-26H,6-7,9-10,12-13,17-22H2,1-5H3/t24-,25?,26?,41+/m1/s1. The van der Waals surface area contributed by atoms with E-state index in [1.807, 2.05) is 37.5 Å². The Morgan fingerprint density at radius 3 is 2.53 bits per heavy atom. The van der Waals surface area contributed by atoms with Crippen LogP contribution in [0.3, 0.4) is 0 Å². The van der Waals surface area contributed by atoms with Gasteiger partial charge in [0.05, 0.1) is 22.6 Å². The Balaban J connectivity index is 1.26. The van der Waals surface area contributed by atoms with E-state index in [0.717, 1.165) is 32.2 Å². The summed E-state index contributed by atoms with van der Waals surface area (Å²) in [4.78, 5) is 28.9. The third kappa shape index (κ3) is 6.90. The lowest BCUT2D eigenvalue weighted by Crippen LogP contribution is -2.57. The number of aryl methyl sites for hydroxylation is 1. The van der Waals surface area contributed by atoms with Crippen molar-refractivity contribution in [3.05, 3.63) is 52.6 Å². The molecule has 4 aromatic rings. The van der Waals surface area contributed by atoms with Crippen molar-refractivity contribution >= 4 is 45.2 Å². The Labute approximate surface area is 323 Å². The van der Waals surface area contributed by atoms with Gasteiger partial charge in [-0.2, -0.15) is 9.97 Å². The molecular weight excluding hydrogens is 735 g/mol. The molecule has 294 valence electrons. The Bertz CT molecular complexity index is 2140. The Morgan fingerprint density at radius 1 is 1.05 bits per heavy atom.